The van der Waals surface area contributed by atoms with Crippen LogP contribution >= 0.6 is 0 Å². The van der Waals surface area contributed by atoms with Crippen molar-refractivity contribution in [3.8, 4) is 11.5 Å². The fourth-order valence-corrected chi connectivity index (χ4v) is 4.97. The first-order chi connectivity index (χ1) is 15.9. The molecule has 3 aromatic carbocycles. The molecular formula is C25H23NO6S. The standard InChI is InChI=1S/C25H23NO6S/c1-31-21-10-13-24-23(15-21)19(7-14-25(27)28)16-26(24)33(29,30)22-11-8-20(9-12-22)32-17-18-5-3-2-4-6-18/h2-6,8-13,15-16H,7,14,17H2,1H3,(H,27,28). The summed E-state index contributed by atoms with van der Waals surface area (Å²) in [7, 11) is -2.39. The number of aliphatic carboxylic acids is 1. The van der Waals surface area contributed by atoms with E-state index >= 15 is 0 Å². The number of aromatic nitrogens is 1. The lowest BCUT2D eigenvalue weighted by Crippen LogP contribution is -2.12. The summed E-state index contributed by atoms with van der Waals surface area (Å²) >= 11 is 0. The molecule has 0 spiro atoms. The maximum absolute atomic E-state index is 13.4. The number of carboxylic acids is 1. The number of nitrogens with zero attached hydrogens (tertiary/aromatic N) is 1. The van der Waals surface area contributed by atoms with E-state index in [2.05, 4.69) is 0 Å². The number of hydrogen-bond donors (Lipinski definition) is 1. The number of fused-ring (bicyclic) bond motifs is 1. The van der Waals surface area contributed by atoms with Gasteiger partial charge in [-0.3, -0.25) is 4.79 Å². The predicted molar refractivity (Wildman–Crippen MR) is 124 cm³/mol. The second-order valence-corrected chi connectivity index (χ2v) is 9.29. The van der Waals surface area contributed by atoms with Gasteiger partial charge in [0.1, 0.15) is 18.1 Å². The molecule has 33 heavy (non-hydrogen) atoms. The molecule has 0 saturated heterocycles. The Morgan fingerprint density at radius 1 is 0.970 bits per heavy atom. The number of methoxy groups -OCH3 is 1. The average Bonchev–Trinajstić information content (AvgIpc) is 3.21. The summed E-state index contributed by atoms with van der Waals surface area (Å²) in [5.41, 5.74) is 2.09. The van der Waals surface area contributed by atoms with Crippen molar-refractivity contribution in [3.05, 3.63) is 90.1 Å². The maximum atomic E-state index is 13.4. The fraction of sp³-hybridized carbons (Fsp3) is 0.160. The molecule has 4 rings (SSSR count). The molecule has 0 aliphatic carbocycles. The van der Waals surface area contributed by atoms with E-state index in [1.54, 1.807) is 30.3 Å². The van der Waals surface area contributed by atoms with Crippen LogP contribution in [-0.4, -0.2) is 30.6 Å². The van der Waals surface area contributed by atoms with E-state index in [0.717, 1.165) is 5.56 Å². The summed E-state index contributed by atoms with van der Waals surface area (Å²) < 4.78 is 39.0. The van der Waals surface area contributed by atoms with Gasteiger partial charge in [0.05, 0.1) is 17.5 Å². The predicted octanol–water partition coefficient (Wildman–Crippen LogP) is 4.48. The number of ether oxygens (including phenoxy) is 2. The minimum Gasteiger partial charge on any atom is -0.497 e. The molecule has 0 aliphatic rings. The Morgan fingerprint density at radius 3 is 2.33 bits per heavy atom. The summed E-state index contributed by atoms with van der Waals surface area (Å²) in [5.74, 6) is 0.170. The number of hydrogen-bond acceptors (Lipinski definition) is 5. The molecule has 7 nitrogen and oxygen atoms in total. The van der Waals surface area contributed by atoms with E-state index in [-0.39, 0.29) is 17.7 Å². The van der Waals surface area contributed by atoms with Crippen molar-refractivity contribution in [1.82, 2.24) is 3.97 Å². The van der Waals surface area contributed by atoms with Crippen molar-refractivity contribution in [2.45, 2.75) is 24.3 Å². The molecule has 8 heteroatoms. The van der Waals surface area contributed by atoms with Gasteiger partial charge >= 0.3 is 5.97 Å². The molecule has 170 valence electrons. The zero-order valence-corrected chi connectivity index (χ0v) is 18.8. The third kappa shape index (κ3) is 4.85. The lowest BCUT2D eigenvalue weighted by molar-refractivity contribution is -0.136. The summed E-state index contributed by atoms with van der Waals surface area (Å²) in [5, 5.41) is 9.71. The van der Waals surface area contributed by atoms with E-state index in [9.17, 15) is 13.2 Å². The van der Waals surface area contributed by atoms with Crippen molar-refractivity contribution in [2.75, 3.05) is 7.11 Å². The molecule has 1 N–H and O–H groups in total. The van der Waals surface area contributed by atoms with Crippen LogP contribution in [0.5, 0.6) is 11.5 Å². The zero-order valence-electron chi connectivity index (χ0n) is 18.0. The number of carbonyl (C=O) groups is 1. The maximum Gasteiger partial charge on any atom is 0.303 e. The highest BCUT2D eigenvalue weighted by atomic mass is 32.2. The van der Waals surface area contributed by atoms with Gasteiger partial charge in [-0.2, -0.15) is 0 Å². The van der Waals surface area contributed by atoms with Gasteiger partial charge in [-0.1, -0.05) is 30.3 Å². The van der Waals surface area contributed by atoms with Crippen LogP contribution in [-0.2, 0) is 27.8 Å². The van der Waals surface area contributed by atoms with Crippen molar-refractivity contribution < 1.29 is 27.8 Å². The van der Waals surface area contributed by atoms with Crippen LogP contribution in [0.15, 0.2) is 83.9 Å². The molecule has 0 bridgehead atoms. The molecule has 0 aliphatic heterocycles. The number of carboxylic acid groups (broad SMARTS) is 1. The van der Waals surface area contributed by atoms with Crippen LogP contribution in [0.1, 0.15) is 17.5 Å². The Labute approximate surface area is 191 Å². The normalized spacial score (nSPS) is 11.4. The van der Waals surface area contributed by atoms with Crippen LogP contribution in [0.3, 0.4) is 0 Å². The molecule has 1 heterocycles. The number of aryl methyl sites for hydroxylation is 1. The van der Waals surface area contributed by atoms with Crippen molar-refractivity contribution in [1.29, 1.82) is 0 Å². The second kappa shape index (κ2) is 9.38. The Bertz CT molecular complexity index is 1380. The van der Waals surface area contributed by atoms with Crippen LogP contribution in [0.25, 0.3) is 10.9 Å². The lowest BCUT2D eigenvalue weighted by Gasteiger charge is -2.10. The molecule has 0 radical (unpaired) electrons. The van der Waals surface area contributed by atoms with Gasteiger partial charge in [0, 0.05) is 18.0 Å². The van der Waals surface area contributed by atoms with Crippen molar-refractivity contribution >= 4 is 26.9 Å². The summed E-state index contributed by atoms with van der Waals surface area (Å²) in [6.45, 7) is 0.379. The second-order valence-electron chi connectivity index (χ2n) is 7.48. The van der Waals surface area contributed by atoms with E-state index in [0.29, 0.717) is 34.6 Å². The van der Waals surface area contributed by atoms with Gasteiger partial charge in [-0.15, -0.1) is 0 Å². The number of rotatable bonds is 9. The van der Waals surface area contributed by atoms with Gasteiger partial charge in [-0.05, 0) is 60.0 Å². The highest BCUT2D eigenvalue weighted by Crippen LogP contribution is 2.30. The largest absolute Gasteiger partial charge is 0.497 e. The van der Waals surface area contributed by atoms with Gasteiger partial charge < -0.3 is 14.6 Å². The Kier molecular flexibility index (Phi) is 6.37. The minimum absolute atomic E-state index is 0.104. The van der Waals surface area contributed by atoms with Crippen LogP contribution in [0.2, 0.25) is 0 Å². The van der Waals surface area contributed by atoms with Gasteiger partial charge in [0.15, 0.2) is 0 Å². The first kappa shape index (κ1) is 22.4. The summed E-state index contributed by atoms with van der Waals surface area (Å²) in [6, 6.07) is 21.0. The first-order valence-corrected chi connectivity index (χ1v) is 11.7. The summed E-state index contributed by atoms with van der Waals surface area (Å²) in [4.78, 5) is 11.2. The molecule has 0 fully saturated rings. The molecule has 0 saturated carbocycles. The number of benzene rings is 3. The Balaban J connectivity index is 1.64. The molecule has 0 amide bonds. The Morgan fingerprint density at radius 2 is 1.67 bits per heavy atom. The van der Waals surface area contributed by atoms with E-state index in [1.807, 2.05) is 30.3 Å². The Hall–Kier alpha value is -3.78. The van der Waals surface area contributed by atoms with Crippen LogP contribution in [0, 0.1) is 0 Å². The van der Waals surface area contributed by atoms with Gasteiger partial charge in [0.25, 0.3) is 10.0 Å². The smallest absolute Gasteiger partial charge is 0.303 e. The third-order valence-corrected chi connectivity index (χ3v) is 6.99. The topological polar surface area (TPSA) is 94.8 Å². The zero-order chi connectivity index (χ0) is 23.4. The minimum atomic E-state index is -3.91. The molecular weight excluding hydrogens is 442 g/mol. The average molecular weight is 466 g/mol. The fourth-order valence-electron chi connectivity index (χ4n) is 3.57. The monoisotopic (exact) mass is 465 g/mol. The quantitative estimate of drug-likeness (QED) is 0.392. The highest BCUT2D eigenvalue weighted by Gasteiger charge is 2.22. The third-order valence-electron chi connectivity index (χ3n) is 5.30. The van der Waals surface area contributed by atoms with Gasteiger partial charge in [-0.25, -0.2) is 12.4 Å². The summed E-state index contributed by atoms with van der Waals surface area (Å²) in [6.07, 6.45) is 1.58. The van der Waals surface area contributed by atoms with Crippen molar-refractivity contribution in [3.63, 3.8) is 0 Å². The molecule has 4 aromatic rings. The molecule has 0 unspecified atom stereocenters. The van der Waals surface area contributed by atoms with E-state index in [4.69, 9.17) is 14.6 Å². The van der Waals surface area contributed by atoms with E-state index in [1.165, 1.54) is 29.4 Å². The SMILES string of the molecule is COc1ccc2c(c1)c(CCC(=O)O)cn2S(=O)(=O)c1ccc(OCc2ccccc2)cc1. The van der Waals surface area contributed by atoms with Crippen molar-refractivity contribution in [2.24, 2.45) is 0 Å². The van der Waals surface area contributed by atoms with Crippen LogP contribution in [0.4, 0.5) is 0 Å². The lowest BCUT2D eigenvalue weighted by atomic mass is 10.1. The highest BCUT2D eigenvalue weighted by molar-refractivity contribution is 7.90. The molecule has 0 atom stereocenters. The van der Waals surface area contributed by atoms with Gasteiger partial charge in [0.2, 0.25) is 0 Å². The van der Waals surface area contributed by atoms with E-state index < -0.39 is 16.0 Å². The first-order valence-electron chi connectivity index (χ1n) is 10.3. The van der Waals surface area contributed by atoms with Crippen LogP contribution < -0.4 is 9.47 Å². The molecule has 1 aromatic heterocycles.